The average molecular weight is 302 g/mol. The van der Waals surface area contributed by atoms with Gasteiger partial charge in [0.25, 0.3) is 0 Å². The summed E-state index contributed by atoms with van der Waals surface area (Å²) in [5, 5.41) is 9.99. The lowest BCUT2D eigenvalue weighted by molar-refractivity contribution is 0.477. The molecule has 3 nitrogen and oxygen atoms in total. The summed E-state index contributed by atoms with van der Waals surface area (Å²) in [6.07, 6.45) is 3.93. The maximum atomic E-state index is 9.99. The number of hydrogen-bond acceptors (Lipinski definition) is 3. The highest BCUT2D eigenvalue weighted by atomic mass is 16.3. The van der Waals surface area contributed by atoms with Gasteiger partial charge >= 0.3 is 0 Å². The first-order valence-corrected chi connectivity index (χ1v) is 7.36. The van der Waals surface area contributed by atoms with Crippen molar-refractivity contribution < 1.29 is 5.11 Å². The fourth-order valence-corrected chi connectivity index (χ4v) is 2.49. The molecule has 114 valence electrons. The lowest BCUT2D eigenvalue weighted by atomic mass is 9.98. The van der Waals surface area contributed by atoms with Crippen LogP contribution in [-0.2, 0) is 0 Å². The molecular weight excluding hydrogens is 284 g/mol. The summed E-state index contributed by atoms with van der Waals surface area (Å²) in [6, 6.07) is 20.9. The Hall–Kier alpha value is -3.20. The number of aromatic hydroxyl groups is 1. The molecule has 0 amide bonds. The Labute approximate surface area is 135 Å². The van der Waals surface area contributed by atoms with Gasteiger partial charge in [-0.05, 0) is 17.2 Å². The van der Waals surface area contributed by atoms with Gasteiger partial charge in [0.05, 0.1) is 11.4 Å². The van der Waals surface area contributed by atoms with Crippen LogP contribution < -0.4 is 11.5 Å². The van der Waals surface area contributed by atoms with Gasteiger partial charge in [0.1, 0.15) is 5.75 Å². The van der Waals surface area contributed by atoms with E-state index in [-0.39, 0.29) is 5.75 Å². The van der Waals surface area contributed by atoms with Crippen LogP contribution in [-0.4, -0.2) is 5.11 Å². The van der Waals surface area contributed by atoms with E-state index in [0.29, 0.717) is 16.9 Å². The summed E-state index contributed by atoms with van der Waals surface area (Å²) < 4.78 is 0. The number of para-hydroxylation sites is 1. The van der Waals surface area contributed by atoms with Crippen molar-refractivity contribution >= 4 is 23.5 Å². The van der Waals surface area contributed by atoms with Crippen molar-refractivity contribution in [1.82, 2.24) is 0 Å². The summed E-state index contributed by atoms with van der Waals surface area (Å²) in [7, 11) is 0. The van der Waals surface area contributed by atoms with Crippen molar-refractivity contribution in [3.63, 3.8) is 0 Å². The van der Waals surface area contributed by atoms with Gasteiger partial charge in [-0.1, -0.05) is 72.8 Å². The molecule has 0 saturated carbocycles. The zero-order valence-electron chi connectivity index (χ0n) is 12.6. The van der Waals surface area contributed by atoms with E-state index in [0.717, 1.165) is 16.7 Å². The number of phenols is 1. The third-order valence-electron chi connectivity index (χ3n) is 3.77. The molecule has 0 spiro atoms. The molecule has 0 heterocycles. The number of benzene rings is 3. The summed E-state index contributed by atoms with van der Waals surface area (Å²) in [4.78, 5) is 0. The van der Waals surface area contributed by atoms with Gasteiger partial charge < -0.3 is 16.6 Å². The summed E-state index contributed by atoms with van der Waals surface area (Å²) in [5.74, 6) is 0.186. The second-order valence-electron chi connectivity index (χ2n) is 5.29. The van der Waals surface area contributed by atoms with Gasteiger partial charge in [-0.25, -0.2) is 0 Å². The Bertz CT molecular complexity index is 855. The monoisotopic (exact) mass is 302 g/mol. The zero-order chi connectivity index (χ0) is 16.2. The van der Waals surface area contributed by atoms with Crippen LogP contribution in [0.1, 0.15) is 11.1 Å². The number of hydrogen-bond donors (Lipinski definition) is 3. The smallest absolute Gasteiger partial charge is 0.123 e. The minimum Gasteiger partial charge on any atom is -0.507 e. The topological polar surface area (TPSA) is 72.3 Å². The van der Waals surface area contributed by atoms with Crippen LogP contribution in [0.15, 0.2) is 66.7 Å². The molecular formula is C20H18N2O. The van der Waals surface area contributed by atoms with Gasteiger partial charge in [-0.3, -0.25) is 0 Å². The lowest BCUT2D eigenvalue weighted by Crippen LogP contribution is -1.99. The minimum absolute atomic E-state index is 0.186. The van der Waals surface area contributed by atoms with Gasteiger partial charge in [0.2, 0.25) is 0 Å². The van der Waals surface area contributed by atoms with Gasteiger partial charge in [0, 0.05) is 11.1 Å². The standard InChI is InChI=1S/C20H18N2O/c21-19-15(11-10-14-6-2-1-3-7-14)12-13-17(20(19)22)16-8-4-5-9-18(16)23/h1-13,23H,21-22H2. The van der Waals surface area contributed by atoms with Crippen molar-refractivity contribution in [2.24, 2.45) is 0 Å². The number of rotatable bonds is 3. The molecule has 0 fully saturated rings. The second-order valence-corrected chi connectivity index (χ2v) is 5.29. The third kappa shape index (κ3) is 3.04. The molecule has 0 aliphatic carbocycles. The highest BCUT2D eigenvalue weighted by Gasteiger charge is 2.11. The first kappa shape index (κ1) is 14.7. The maximum Gasteiger partial charge on any atom is 0.123 e. The van der Waals surface area contributed by atoms with E-state index >= 15 is 0 Å². The van der Waals surface area contributed by atoms with Crippen LogP contribution in [0.4, 0.5) is 11.4 Å². The first-order chi connectivity index (χ1) is 11.2. The van der Waals surface area contributed by atoms with Crippen LogP contribution in [0.25, 0.3) is 23.3 Å². The Kier molecular flexibility index (Phi) is 4.02. The van der Waals surface area contributed by atoms with Crippen molar-refractivity contribution in [2.45, 2.75) is 0 Å². The number of phenolic OH excluding ortho intramolecular Hbond substituents is 1. The molecule has 3 aromatic rings. The van der Waals surface area contributed by atoms with Gasteiger partial charge in [-0.15, -0.1) is 0 Å². The molecule has 0 aliphatic heterocycles. The summed E-state index contributed by atoms with van der Waals surface area (Å²) >= 11 is 0. The molecule has 0 saturated heterocycles. The van der Waals surface area contributed by atoms with Crippen molar-refractivity contribution in [2.75, 3.05) is 11.5 Å². The van der Waals surface area contributed by atoms with E-state index in [1.54, 1.807) is 12.1 Å². The van der Waals surface area contributed by atoms with Crippen LogP contribution >= 0.6 is 0 Å². The van der Waals surface area contributed by atoms with E-state index in [4.69, 9.17) is 11.5 Å². The normalized spacial score (nSPS) is 11.0. The molecule has 3 rings (SSSR count). The predicted molar refractivity (Wildman–Crippen MR) is 97.7 cm³/mol. The predicted octanol–water partition coefficient (Wildman–Crippen LogP) is 4.39. The number of anilines is 2. The molecule has 0 aromatic heterocycles. The molecule has 0 unspecified atom stereocenters. The highest BCUT2D eigenvalue weighted by Crippen LogP contribution is 2.37. The van der Waals surface area contributed by atoms with E-state index in [1.165, 1.54) is 0 Å². The van der Waals surface area contributed by atoms with E-state index < -0.39 is 0 Å². The molecule has 0 radical (unpaired) electrons. The van der Waals surface area contributed by atoms with Crippen molar-refractivity contribution in [3.05, 3.63) is 77.9 Å². The second kappa shape index (κ2) is 6.28. The number of nitrogen functional groups attached to an aromatic ring is 2. The van der Waals surface area contributed by atoms with E-state index in [2.05, 4.69) is 0 Å². The van der Waals surface area contributed by atoms with Gasteiger partial charge in [0.15, 0.2) is 0 Å². The van der Waals surface area contributed by atoms with Crippen LogP contribution in [0.5, 0.6) is 5.75 Å². The molecule has 5 N–H and O–H groups in total. The van der Waals surface area contributed by atoms with Gasteiger partial charge in [-0.2, -0.15) is 0 Å². The van der Waals surface area contributed by atoms with Crippen LogP contribution in [0.2, 0.25) is 0 Å². The first-order valence-electron chi connectivity index (χ1n) is 7.36. The highest BCUT2D eigenvalue weighted by molar-refractivity contribution is 5.92. The Morgan fingerprint density at radius 1 is 0.652 bits per heavy atom. The number of nitrogens with two attached hydrogens (primary N) is 2. The summed E-state index contributed by atoms with van der Waals surface area (Å²) in [6.45, 7) is 0. The molecule has 3 aromatic carbocycles. The zero-order valence-corrected chi connectivity index (χ0v) is 12.6. The van der Waals surface area contributed by atoms with Crippen LogP contribution in [0.3, 0.4) is 0 Å². The molecule has 0 atom stereocenters. The fourth-order valence-electron chi connectivity index (χ4n) is 2.49. The Balaban J connectivity index is 1.99. The Morgan fingerprint density at radius 3 is 2.09 bits per heavy atom. The summed E-state index contributed by atoms with van der Waals surface area (Å²) in [5.41, 5.74) is 16.7. The van der Waals surface area contributed by atoms with Crippen molar-refractivity contribution in [1.29, 1.82) is 0 Å². The minimum atomic E-state index is 0.186. The van der Waals surface area contributed by atoms with E-state index in [9.17, 15) is 5.11 Å². The van der Waals surface area contributed by atoms with E-state index in [1.807, 2.05) is 66.7 Å². The third-order valence-corrected chi connectivity index (χ3v) is 3.77. The average Bonchev–Trinajstić information content (AvgIpc) is 2.58. The van der Waals surface area contributed by atoms with Crippen LogP contribution in [0, 0.1) is 0 Å². The molecule has 0 aliphatic rings. The fraction of sp³-hybridized carbons (Fsp3) is 0. The maximum absolute atomic E-state index is 9.99. The SMILES string of the molecule is Nc1c(C=Cc2ccccc2)ccc(-c2ccccc2O)c1N. The molecule has 3 heteroatoms. The largest absolute Gasteiger partial charge is 0.507 e. The Morgan fingerprint density at radius 2 is 1.35 bits per heavy atom. The quantitative estimate of drug-likeness (QED) is 0.496. The molecule has 0 bridgehead atoms. The van der Waals surface area contributed by atoms with Crippen molar-refractivity contribution in [3.8, 4) is 16.9 Å². The lowest BCUT2D eigenvalue weighted by Gasteiger charge is -2.12. The molecule has 23 heavy (non-hydrogen) atoms.